The highest BCUT2D eigenvalue weighted by atomic mass is 16.1. The third kappa shape index (κ3) is 2.04. The van der Waals surface area contributed by atoms with Crippen molar-refractivity contribution in [3.63, 3.8) is 0 Å². The van der Waals surface area contributed by atoms with E-state index in [-0.39, 0.29) is 0 Å². The summed E-state index contributed by atoms with van der Waals surface area (Å²) in [6, 6.07) is 9.90. The lowest BCUT2D eigenvalue weighted by atomic mass is 9.48. The van der Waals surface area contributed by atoms with Crippen LogP contribution in [0.2, 0.25) is 0 Å². The van der Waals surface area contributed by atoms with Gasteiger partial charge in [-0.25, -0.2) is 0 Å². The summed E-state index contributed by atoms with van der Waals surface area (Å²) in [5.74, 6) is 3.20. The molecule has 100 valence electrons. The molecule has 4 fully saturated rings. The second-order valence-corrected chi connectivity index (χ2v) is 7.38. The fraction of sp³-hybridized carbons (Fsp3) is 0.611. The van der Waals surface area contributed by atoms with Crippen LogP contribution >= 0.6 is 0 Å². The predicted octanol–water partition coefficient (Wildman–Crippen LogP) is 4.48. The largest absolute Gasteiger partial charge is 0.294 e. The van der Waals surface area contributed by atoms with E-state index in [4.69, 9.17) is 0 Å². The standard InChI is InChI=1S/C18H22O/c19-17(16-4-2-1-3-5-16)12-18-9-13-6-14(10-18)8-15(7-13)11-18/h1-5,13-15H,6-12H2. The van der Waals surface area contributed by atoms with Crippen molar-refractivity contribution in [2.75, 3.05) is 0 Å². The van der Waals surface area contributed by atoms with Crippen LogP contribution in [0.25, 0.3) is 0 Å². The van der Waals surface area contributed by atoms with Gasteiger partial charge in [0.2, 0.25) is 0 Å². The van der Waals surface area contributed by atoms with Crippen molar-refractivity contribution >= 4 is 5.78 Å². The second-order valence-electron chi connectivity index (χ2n) is 7.38. The highest BCUT2D eigenvalue weighted by Crippen LogP contribution is 2.61. The number of ketones is 1. The molecule has 19 heavy (non-hydrogen) atoms. The van der Waals surface area contributed by atoms with Gasteiger partial charge in [-0.2, -0.15) is 0 Å². The molecule has 0 aliphatic heterocycles. The monoisotopic (exact) mass is 254 g/mol. The molecule has 0 heterocycles. The molecular weight excluding hydrogens is 232 g/mol. The maximum absolute atomic E-state index is 12.5. The molecule has 1 aromatic rings. The quantitative estimate of drug-likeness (QED) is 0.727. The lowest BCUT2D eigenvalue weighted by Gasteiger charge is -2.56. The fourth-order valence-corrected chi connectivity index (χ4v) is 5.57. The minimum absolute atomic E-state index is 0.377. The van der Waals surface area contributed by atoms with Gasteiger partial charge < -0.3 is 0 Å². The minimum Gasteiger partial charge on any atom is -0.294 e. The molecule has 4 aliphatic carbocycles. The number of carbonyl (C=O) groups is 1. The van der Waals surface area contributed by atoms with Gasteiger partial charge in [-0.1, -0.05) is 30.3 Å². The van der Waals surface area contributed by atoms with Crippen LogP contribution in [0.5, 0.6) is 0 Å². The molecule has 4 saturated carbocycles. The van der Waals surface area contributed by atoms with Crippen LogP contribution in [-0.4, -0.2) is 5.78 Å². The second kappa shape index (κ2) is 4.19. The van der Waals surface area contributed by atoms with Gasteiger partial charge in [-0.15, -0.1) is 0 Å². The van der Waals surface area contributed by atoms with Crippen LogP contribution < -0.4 is 0 Å². The Morgan fingerprint density at radius 1 is 0.947 bits per heavy atom. The third-order valence-corrected chi connectivity index (χ3v) is 5.80. The molecule has 1 heteroatoms. The number of hydrogen-bond acceptors (Lipinski definition) is 1. The number of hydrogen-bond donors (Lipinski definition) is 0. The summed E-state index contributed by atoms with van der Waals surface area (Å²) in [6.07, 6.45) is 9.17. The van der Waals surface area contributed by atoms with Crippen LogP contribution in [0.4, 0.5) is 0 Å². The summed E-state index contributed by atoms with van der Waals surface area (Å²) in [4.78, 5) is 12.5. The Morgan fingerprint density at radius 3 is 2.00 bits per heavy atom. The van der Waals surface area contributed by atoms with Crippen molar-refractivity contribution in [1.82, 2.24) is 0 Å². The molecule has 0 N–H and O–H groups in total. The first-order chi connectivity index (χ1) is 9.22. The Labute approximate surface area is 115 Å². The van der Waals surface area contributed by atoms with E-state index in [1.807, 2.05) is 30.3 Å². The van der Waals surface area contributed by atoms with Crippen molar-refractivity contribution in [2.24, 2.45) is 23.2 Å². The van der Waals surface area contributed by atoms with Crippen molar-refractivity contribution < 1.29 is 4.79 Å². The highest BCUT2D eigenvalue weighted by Gasteiger charge is 2.51. The van der Waals surface area contributed by atoms with Gasteiger partial charge in [0.05, 0.1) is 0 Å². The van der Waals surface area contributed by atoms with E-state index < -0.39 is 0 Å². The van der Waals surface area contributed by atoms with Crippen LogP contribution in [0.3, 0.4) is 0 Å². The smallest absolute Gasteiger partial charge is 0.163 e. The van der Waals surface area contributed by atoms with E-state index in [0.717, 1.165) is 29.7 Å². The molecule has 1 nitrogen and oxygen atoms in total. The van der Waals surface area contributed by atoms with Gasteiger partial charge in [0, 0.05) is 12.0 Å². The Balaban J connectivity index is 1.55. The first-order valence-electron chi connectivity index (χ1n) is 7.81. The summed E-state index contributed by atoms with van der Waals surface area (Å²) >= 11 is 0. The molecule has 0 spiro atoms. The SMILES string of the molecule is O=C(CC12CC3CC(CC(C3)C1)C2)c1ccccc1. The average molecular weight is 254 g/mol. The normalized spacial score (nSPS) is 39.5. The molecule has 4 aliphatic rings. The first kappa shape index (κ1) is 11.7. The van der Waals surface area contributed by atoms with Crippen molar-refractivity contribution in [3.8, 4) is 0 Å². The number of carbonyl (C=O) groups excluding carboxylic acids is 1. The zero-order valence-electron chi connectivity index (χ0n) is 11.5. The Bertz CT molecular complexity index is 452. The number of Topliss-reactive ketones (excluding diaryl/α,β-unsaturated/α-hetero) is 1. The lowest BCUT2D eigenvalue weighted by Crippen LogP contribution is -2.46. The van der Waals surface area contributed by atoms with E-state index in [1.165, 1.54) is 38.5 Å². The minimum atomic E-state index is 0.377. The summed E-state index contributed by atoms with van der Waals surface area (Å²) < 4.78 is 0. The van der Waals surface area contributed by atoms with E-state index in [0.29, 0.717) is 11.2 Å². The molecule has 0 saturated heterocycles. The Hall–Kier alpha value is -1.11. The van der Waals surface area contributed by atoms with Crippen LogP contribution in [-0.2, 0) is 0 Å². The van der Waals surface area contributed by atoms with Gasteiger partial charge in [0.1, 0.15) is 0 Å². The zero-order chi connectivity index (χ0) is 12.9. The van der Waals surface area contributed by atoms with Gasteiger partial charge in [0.25, 0.3) is 0 Å². The van der Waals surface area contributed by atoms with Crippen molar-refractivity contribution in [1.29, 1.82) is 0 Å². The fourth-order valence-electron chi connectivity index (χ4n) is 5.57. The van der Waals surface area contributed by atoms with Gasteiger partial charge in [0.15, 0.2) is 5.78 Å². The average Bonchev–Trinajstić information content (AvgIpc) is 2.37. The molecule has 0 unspecified atom stereocenters. The third-order valence-electron chi connectivity index (χ3n) is 5.80. The molecule has 5 rings (SSSR count). The van der Waals surface area contributed by atoms with Crippen LogP contribution in [0.1, 0.15) is 55.3 Å². The van der Waals surface area contributed by atoms with Gasteiger partial charge in [-0.3, -0.25) is 4.79 Å². The Kier molecular flexibility index (Phi) is 2.58. The van der Waals surface area contributed by atoms with E-state index in [2.05, 4.69) is 0 Å². The van der Waals surface area contributed by atoms with Crippen LogP contribution in [0.15, 0.2) is 30.3 Å². The predicted molar refractivity (Wildman–Crippen MR) is 76.0 cm³/mol. The first-order valence-corrected chi connectivity index (χ1v) is 7.81. The molecule has 0 aromatic heterocycles. The molecule has 0 amide bonds. The summed E-state index contributed by atoms with van der Waals surface area (Å²) in [5.41, 5.74) is 1.29. The molecule has 0 radical (unpaired) electrons. The maximum Gasteiger partial charge on any atom is 0.163 e. The van der Waals surface area contributed by atoms with Crippen molar-refractivity contribution in [2.45, 2.75) is 44.9 Å². The Morgan fingerprint density at radius 2 is 1.47 bits per heavy atom. The summed E-state index contributed by atoms with van der Waals surface area (Å²) in [6.45, 7) is 0. The van der Waals surface area contributed by atoms with Gasteiger partial charge >= 0.3 is 0 Å². The summed E-state index contributed by atoms with van der Waals surface area (Å²) in [7, 11) is 0. The molecule has 4 bridgehead atoms. The van der Waals surface area contributed by atoms with E-state index >= 15 is 0 Å². The number of rotatable bonds is 3. The van der Waals surface area contributed by atoms with Crippen LogP contribution in [0, 0.1) is 23.2 Å². The summed E-state index contributed by atoms with van der Waals surface area (Å²) in [5, 5.41) is 0. The van der Waals surface area contributed by atoms with E-state index in [9.17, 15) is 4.79 Å². The van der Waals surface area contributed by atoms with Gasteiger partial charge in [-0.05, 0) is 61.7 Å². The van der Waals surface area contributed by atoms with Crippen molar-refractivity contribution in [3.05, 3.63) is 35.9 Å². The molecule has 1 aromatic carbocycles. The van der Waals surface area contributed by atoms with E-state index in [1.54, 1.807) is 0 Å². The molecule has 0 atom stereocenters. The number of benzene rings is 1. The zero-order valence-corrected chi connectivity index (χ0v) is 11.5. The molecular formula is C18H22O. The highest BCUT2D eigenvalue weighted by molar-refractivity contribution is 5.96. The topological polar surface area (TPSA) is 17.1 Å². The lowest BCUT2D eigenvalue weighted by molar-refractivity contribution is -0.0524. The maximum atomic E-state index is 12.5.